The topological polar surface area (TPSA) is 110 Å². The smallest absolute Gasteiger partial charge is 0.441 e. The largest absolute Gasteiger partial charge is 0.480 e. The van der Waals surface area contributed by atoms with Crippen LogP contribution < -0.4 is 10.2 Å². The third-order valence-corrected chi connectivity index (χ3v) is 11.8. The van der Waals surface area contributed by atoms with Gasteiger partial charge >= 0.3 is 12.0 Å². The first-order valence-electron chi connectivity index (χ1n) is 12.4. The van der Waals surface area contributed by atoms with E-state index in [1.807, 2.05) is 6.08 Å². The number of rotatable bonds is 4. The van der Waals surface area contributed by atoms with Crippen molar-refractivity contribution in [3.8, 4) is 0 Å². The lowest BCUT2D eigenvalue weighted by atomic mass is 10.1. The number of carboxylic acids is 1. The van der Waals surface area contributed by atoms with E-state index in [2.05, 4.69) is 45.3 Å². The highest BCUT2D eigenvalue weighted by Crippen LogP contribution is 2.37. The van der Waals surface area contributed by atoms with Crippen LogP contribution in [-0.4, -0.2) is 74.8 Å². The van der Waals surface area contributed by atoms with E-state index in [4.69, 9.17) is 9.26 Å². The number of amides is 3. The second-order valence-electron chi connectivity index (χ2n) is 10.9. The first-order chi connectivity index (χ1) is 15.9. The maximum absolute atomic E-state index is 13.4. The lowest BCUT2D eigenvalue weighted by molar-refractivity contribution is -0.826. The van der Waals surface area contributed by atoms with E-state index in [0.29, 0.717) is 37.3 Å². The highest BCUT2D eigenvalue weighted by atomic mass is 28.4. The molecule has 0 aliphatic carbocycles. The number of fused-ring (bicyclic) bond motifs is 1. The van der Waals surface area contributed by atoms with Crippen molar-refractivity contribution in [3.63, 3.8) is 0 Å². The minimum absolute atomic E-state index is 0.00965. The van der Waals surface area contributed by atoms with Crippen LogP contribution >= 0.6 is 0 Å². The van der Waals surface area contributed by atoms with Crippen molar-refractivity contribution in [1.82, 2.24) is 10.4 Å². The zero-order valence-electron chi connectivity index (χ0n) is 21.7. The third-order valence-electron chi connectivity index (χ3n) is 7.31. The Bertz CT molecular complexity index is 751. The van der Waals surface area contributed by atoms with Crippen LogP contribution in [0, 0.1) is 0 Å². The molecular weight excluding hydrogens is 454 g/mol. The van der Waals surface area contributed by atoms with Crippen molar-refractivity contribution >= 4 is 26.2 Å². The molecule has 0 radical (unpaired) electrons. The Morgan fingerprint density at radius 1 is 1.18 bits per heavy atom. The number of aliphatic carboxylic acids is 1. The predicted molar refractivity (Wildman–Crippen MR) is 132 cm³/mol. The van der Waals surface area contributed by atoms with Gasteiger partial charge in [-0.1, -0.05) is 39.3 Å². The van der Waals surface area contributed by atoms with Crippen LogP contribution in [0.5, 0.6) is 0 Å². The van der Waals surface area contributed by atoms with Crippen LogP contribution in [0.1, 0.15) is 65.7 Å². The standard InChI is InChI=1S/C24H43N3O6Si/c1-24(2,3)34(5,6)33-18-16-20-21(28)25-19(22(29)30)14-12-10-8-7-9-11-13-15-27(32-4)23(31)26(20)17-18/h8,10,18-20H,7,9,11-17H2,1-6H3,(H,25,28)(H,29,30)/p+1. The van der Waals surface area contributed by atoms with Crippen molar-refractivity contribution in [3.05, 3.63) is 12.2 Å². The van der Waals surface area contributed by atoms with E-state index >= 15 is 0 Å². The normalized spacial score (nSPS) is 28.5. The molecule has 3 N–H and O–H groups in total. The van der Waals surface area contributed by atoms with Gasteiger partial charge in [0.1, 0.15) is 18.7 Å². The number of nitrogens with zero attached hydrogens (tertiary/aromatic N) is 1. The summed E-state index contributed by atoms with van der Waals surface area (Å²) in [7, 11) is -0.658. The molecular formula is C24H44N3O6Si+. The fraction of sp³-hybridized carbons (Fsp3) is 0.792. The molecule has 2 aliphatic heterocycles. The average Bonchev–Trinajstić information content (AvgIpc) is 3.15. The van der Waals surface area contributed by atoms with Gasteiger partial charge in [-0.25, -0.2) is 14.5 Å². The summed E-state index contributed by atoms with van der Waals surface area (Å²) in [5.41, 5.74) is 0. The lowest BCUT2D eigenvalue weighted by Crippen LogP contribution is -3.19. The van der Waals surface area contributed by atoms with Crippen LogP contribution in [0.3, 0.4) is 0 Å². The predicted octanol–water partition coefficient (Wildman–Crippen LogP) is 2.50. The molecule has 9 nitrogen and oxygen atoms in total. The number of allylic oxidation sites excluding steroid dienone is 2. The number of hydrogen-bond acceptors (Lipinski definition) is 5. The summed E-state index contributed by atoms with van der Waals surface area (Å²) in [6.45, 7) is 11.6. The third kappa shape index (κ3) is 7.63. The van der Waals surface area contributed by atoms with E-state index in [1.54, 1.807) is 0 Å². The molecule has 1 fully saturated rings. The van der Waals surface area contributed by atoms with Gasteiger partial charge in [-0.05, 0) is 50.2 Å². The molecule has 0 aromatic rings. The van der Waals surface area contributed by atoms with E-state index in [0.717, 1.165) is 25.7 Å². The molecule has 0 saturated carbocycles. The van der Waals surface area contributed by atoms with Crippen molar-refractivity contribution < 1.29 is 33.7 Å². The second kappa shape index (κ2) is 12.3. The first kappa shape index (κ1) is 28.5. The van der Waals surface area contributed by atoms with E-state index in [1.165, 1.54) is 12.2 Å². The maximum atomic E-state index is 13.4. The number of carboxylic acid groups (broad SMARTS) is 1. The number of carbonyl (C=O) groups excluding carboxylic acids is 2. The Hall–Kier alpha value is -1.75. The Balaban J connectivity index is 2.30. The highest BCUT2D eigenvalue weighted by Gasteiger charge is 2.50. The average molecular weight is 499 g/mol. The number of hydroxylamine groups is 2. The Labute approximate surface area is 204 Å². The minimum Gasteiger partial charge on any atom is -0.480 e. The number of nitrogens with one attached hydrogen (secondary N) is 2. The Kier molecular flexibility index (Phi) is 10.3. The molecule has 2 rings (SSSR count). The summed E-state index contributed by atoms with van der Waals surface area (Å²) in [6.07, 6.45) is 8.67. The maximum Gasteiger partial charge on any atom is 0.441 e. The zero-order valence-corrected chi connectivity index (χ0v) is 22.7. The molecule has 34 heavy (non-hydrogen) atoms. The van der Waals surface area contributed by atoms with E-state index in [9.17, 15) is 19.5 Å². The molecule has 0 aromatic carbocycles. The fourth-order valence-electron chi connectivity index (χ4n) is 4.22. The summed E-state index contributed by atoms with van der Waals surface area (Å²) in [5.74, 6) is -1.49. The molecule has 0 bridgehead atoms. The summed E-state index contributed by atoms with van der Waals surface area (Å²) < 4.78 is 6.56. The van der Waals surface area contributed by atoms with Gasteiger partial charge in [0, 0.05) is 6.42 Å². The molecule has 2 heterocycles. The molecule has 4 atom stereocenters. The first-order valence-corrected chi connectivity index (χ1v) is 15.4. The second-order valence-corrected chi connectivity index (χ2v) is 15.7. The minimum atomic E-state index is -2.12. The van der Waals surface area contributed by atoms with Crippen molar-refractivity contribution in [2.45, 2.75) is 102 Å². The molecule has 194 valence electrons. The Morgan fingerprint density at radius 3 is 2.47 bits per heavy atom. The molecule has 3 amide bonds. The van der Waals surface area contributed by atoms with Crippen molar-refractivity contribution in [2.75, 3.05) is 20.2 Å². The number of quaternary nitrogens is 1. The lowest BCUT2D eigenvalue weighted by Gasteiger charge is -2.37. The van der Waals surface area contributed by atoms with Gasteiger partial charge in [0.05, 0.1) is 13.7 Å². The molecule has 1 saturated heterocycles. The van der Waals surface area contributed by atoms with Gasteiger partial charge in [-0.2, -0.15) is 5.06 Å². The number of carbonyl (C=O) groups is 3. The van der Waals surface area contributed by atoms with Gasteiger partial charge < -0.3 is 14.8 Å². The molecule has 0 spiro atoms. The van der Waals surface area contributed by atoms with Crippen LogP contribution in [-0.2, 0) is 18.9 Å². The van der Waals surface area contributed by atoms with E-state index in [-0.39, 0.29) is 17.2 Å². The molecule has 4 unspecified atom stereocenters. The summed E-state index contributed by atoms with van der Waals surface area (Å²) in [4.78, 5) is 44.3. The highest BCUT2D eigenvalue weighted by molar-refractivity contribution is 6.74. The Morgan fingerprint density at radius 2 is 1.85 bits per heavy atom. The zero-order chi connectivity index (χ0) is 25.5. The molecule has 10 heteroatoms. The van der Waals surface area contributed by atoms with Gasteiger partial charge in [0.25, 0.3) is 5.91 Å². The molecule has 0 aromatic heterocycles. The monoisotopic (exact) mass is 498 g/mol. The summed E-state index contributed by atoms with van der Waals surface area (Å²) >= 11 is 0. The van der Waals surface area contributed by atoms with Crippen LogP contribution in [0.4, 0.5) is 4.79 Å². The summed E-state index contributed by atoms with van der Waals surface area (Å²) in [6, 6.07) is -2.03. The van der Waals surface area contributed by atoms with Crippen LogP contribution in [0.2, 0.25) is 18.1 Å². The summed E-state index contributed by atoms with van der Waals surface area (Å²) in [5, 5.41) is 13.7. The van der Waals surface area contributed by atoms with Gasteiger partial charge in [0.2, 0.25) is 0 Å². The quantitative estimate of drug-likeness (QED) is 0.406. The van der Waals surface area contributed by atoms with Crippen molar-refractivity contribution in [2.24, 2.45) is 0 Å². The molecule has 2 aliphatic rings. The van der Waals surface area contributed by atoms with Gasteiger partial charge in [-0.15, -0.1) is 0 Å². The number of hydrogen-bond donors (Lipinski definition) is 3. The SMILES string of the molecule is CON1CCCCCC=CCCC(C(=O)O)NC(=O)C2CC(O[Si](C)(C)C(C)(C)C)C[NH+]2C1=O. The van der Waals surface area contributed by atoms with Gasteiger partial charge in [0.15, 0.2) is 14.4 Å². The van der Waals surface area contributed by atoms with Crippen LogP contribution in [0.25, 0.3) is 0 Å². The fourth-order valence-corrected chi connectivity index (χ4v) is 5.59. The number of urea groups is 1. The van der Waals surface area contributed by atoms with Gasteiger partial charge in [-0.3, -0.25) is 9.63 Å². The van der Waals surface area contributed by atoms with Crippen molar-refractivity contribution in [1.29, 1.82) is 0 Å². The van der Waals surface area contributed by atoms with E-state index < -0.39 is 32.3 Å². The van der Waals surface area contributed by atoms with Crippen LogP contribution in [0.15, 0.2) is 12.2 Å².